The molecular formula is C30H20N6. The van der Waals surface area contributed by atoms with Gasteiger partial charge in [-0.25, -0.2) is 24.9 Å². The Bertz CT molecular complexity index is 1510. The molecule has 0 radical (unpaired) electrons. The van der Waals surface area contributed by atoms with E-state index in [4.69, 9.17) is 9.97 Å². The Labute approximate surface area is 208 Å². The molecule has 170 valence electrons. The molecule has 0 amide bonds. The van der Waals surface area contributed by atoms with Crippen LogP contribution in [0.1, 0.15) is 0 Å². The number of benzene rings is 3. The minimum atomic E-state index is 0.640. The summed E-state index contributed by atoms with van der Waals surface area (Å²) in [5.74, 6) is 1.31. The Hall–Kier alpha value is -5.10. The van der Waals surface area contributed by atoms with Crippen LogP contribution in [0.3, 0.4) is 0 Å². The maximum absolute atomic E-state index is 4.86. The zero-order valence-electron chi connectivity index (χ0n) is 19.2. The molecule has 0 saturated carbocycles. The van der Waals surface area contributed by atoms with Crippen LogP contribution >= 0.6 is 0 Å². The van der Waals surface area contributed by atoms with Crippen molar-refractivity contribution in [2.45, 2.75) is 0 Å². The molecule has 0 aliphatic carbocycles. The smallest absolute Gasteiger partial charge is 0.159 e. The van der Waals surface area contributed by atoms with Crippen molar-refractivity contribution in [3.8, 4) is 56.5 Å². The summed E-state index contributed by atoms with van der Waals surface area (Å²) in [5.41, 5.74) is 7.28. The zero-order chi connectivity index (χ0) is 24.2. The van der Waals surface area contributed by atoms with Crippen LogP contribution in [-0.2, 0) is 0 Å². The molecular weight excluding hydrogens is 444 g/mol. The van der Waals surface area contributed by atoms with Crippen molar-refractivity contribution in [2.24, 2.45) is 0 Å². The highest BCUT2D eigenvalue weighted by Crippen LogP contribution is 2.28. The lowest BCUT2D eigenvalue weighted by Crippen LogP contribution is -1.94. The SMILES string of the molecule is c1ccc(-c2cncc(-c3cccc(-c4ccnc(-c5cccc(-c6ncccn6)c5)n4)c3)n2)cc1. The normalized spacial score (nSPS) is 10.8. The summed E-state index contributed by atoms with van der Waals surface area (Å²) in [7, 11) is 0. The summed E-state index contributed by atoms with van der Waals surface area (Å²) in [6.07, 6.45) is 8.83. The van der Waals surface area contributed by atoms with E-state index in [1.165, 1.54) is 0 Å². The first-order valence-corrected chi connectivity index (χ1v) is 11.5. The quantitative estimate of drug-likeness (QED) is 0.294. The van der Waals surface area contributed by atoms with Crippen molar-refractivity contribution in [1.82, 2.24) is 29.9 Å². The Morgan fingerprint density at radius 1 is 0.389 bits per heavy atom. The van der Waals surface area contributed by atoms with Crippen LogP contribution in [0.4, 0.5) is 0 Å². The van der Waals surface area contributed by atoms with E-state index in [1.807, 2.05) is 78.9 Å². The van der Waals surface area contributed by atoms with Crippen molar-refractivity contribution in [2.75, 3.05) is 0 Å². The molecule has 0 aliphatic heterocycles. The molecule has 0 bridgehead atoms. The molecule has 3 heterocycles. The van der Waals surface area contributed by atoms with Gasteiger partial charge in [-0.05, 0) is 24.3 Å². The van der Waals surface area contributed by atoms with Gasteiger partial charge in [-0.2, -0.15) is 0 Å². The van der Waals surface area contributed by atoms with E-state index in [0.717, 1.165) is 44.9 Å². The monoisotopic (exact) mass is 464 g/mol. The van der Waals surface area contributed by atoms with Crippen molar-refractivity contribution in [3.05, 3.63) is 122 Å². The number of nitrogens with zero attached hydrogens (tertiary/aromatic N) is 6. The van der Waals surface area contributed by atoms with Gasteiger partial charge in [-0.1, -0.05) is 66.7 Å². The predicted octanol–water partition coefficient (Wildman–Crippen LogP) is 6.39. The molecule has 0 aliphatic rings. The fourth-order valence-corrected chi connectivity index (χ4v) is 4.00. The van der Waals surface area contributed by atoms with E-state index < -0.39 is 0 Å². The van der Waals surface area contributed by atoms with Crippen LogP contribution in [0.2, 0.25) is 0 Å². The number of hydrogen-bond donors (Lipinski definition) is 0. The van der Waals surface area contributed by atoms with Crippen LogP contribution in [-0.4, -0.2) is 29.9 Å². The topological polar surface area (TPSA) is 77.3 Å². The maximum atomic E-state index is 4.86. The summed E-state index contributed by atoms with van der Waals surface area (Å²) >= 11 is 0. The molecule has 0 spiro atoms. The molecule has 0 N–H and O–H groups in total. The van der Waals surface area contributed by atoms with Crippen LogP contribution in [0.25, 0.3) is 56.5 Å². The summed E-state index contributed by atoms with van der Waals surface area (Å²) < 4.78 is 0. The van der Waals surface area contributed by atoms with Crippen LogP contribution in [0.15, 0.2) is 122 Å². The van der Waals surface area contributed by atoms with Gasteiger partial charge in [-0.15, -0.1) is 0 Å². The number of rotatable bonds is 5. The third-order valence-electron chi connectivity index (χ3n) is 5.76. The van der Waals surface area contributed by atoms with Gasteiger partial charge in [0.15, 0.2) is 11.6 Å². The van der Waals surface area contributed by atoms with Crippen LogP contribution in [0, 0.1) is 0 Å². The Morgan fingerprint density at radius 2 is 0.972 bits per heavy atom. The third kappa shape index (κ3) is 4.48. The molecule has 6 heteroatoms. The third-order valence-corrected chi connectivity index (χ3v) is 5.76. The van der Waals surface area contributed by atoms with Crippen molar-refractivity contribution < 1.29 is 0 Å². The average Bonchev–Trinajstić information content (AvgIpc) is 2.98. The van der Waals surface area contributed by atoms with E-state index in [1.54, 1.807) is 37.1 Å². The highest BCUT2D eigenvalue weighted by atomic mass is 14.9. The lowest BCUT2D eigenvalue weighted by molar-refractivity contribution is 1.16. The van der Waals surface area contributed by atoms with E-state index in [2.05, 4.69) is 26.0 Å². The fraction of sp³-hybridized carbons (Fsp3) is 0. The van der Waals surface area contributed by atoms with Gasteiger partial charge in [0.05, 0.1) is 29.5 Å². The number of hydrogen-bond acceptors (Lipinski definition) is 6. The largest absolute Gasteiger partial charge is 0.260 e. The fourth-order valence-electron chi connectivity index (χ4n) is 4.00. The number of aromatic nitrogens is 6. The molecule has 6 nitrogen and oxygen atoms in total. The van der Waals surface area contributed by atoms with Crippen LogP contribution in [0.5, 0.6) is 0 Å². The second-order valence-electron chi connectivity index (χ2n) is 8.16. The van der Waals surface area contributed by atoms with Gasteiger partial charge in [0.2, 0.25) is 0 Å². The van der Waals surface area contributed by atoms with Gasteiger partial charge < -0.3 is 0 Å². The minimum absolute atomic E-state index is 0.640. The minimum Gasteiger partial charge on any atom is -0.260 e. The highest BCUT2D eigenvalue weighted by Gasteiger charge is 2.10. The molecule has 0 unspecified atom stereocenters. The average molecular weight is 465 g/mol. The predicted molar refractivity (Wildman–Crippen MR) is 140 cm³/mol. The van der Waals surface area contributed by atoms with Gasteiger partial charge in [0, 0.05) is 46.4 Å². The summed E-state index contributed by atoms with van der Waals surface area (Å²) in [6.45, 7) is 0. The second kappa shape index (κ2) is 9.64. The molecule has 36 heavy (non-hydrogen) atoms. The molecule has 0 atom stereocenters. The summed E-state index contributed by atoms with van der Waals surface area (Å²) in [5, 5.41) is 0. The van der Waals surface area contributed by atoms with Crippen LogP contribution < -0.4 is 0 Å². The second-order valence-corrected chi connectivity index (χ2v) is 8.16. The van der Waals surface area contributed by atoms with E-state index in [9.17, 15) is 0 Å². The zero-order valence-corrected chi connectivity index (χ0v) is 19.2. The summed E-state index contributed by atoms with van der Waals surface area (Å²) in [6, 6.07) is 29.9. The molecule has 6 rings (SSSR count). The lowest BCUT2D eigenvalue weighted by atomic mass is 10.0. The molecule has 0 fully saturated rings. The van der Waals surface area contributed by atoms with E-state index >= 15 is 0 Å². The Balaban J connectivity index is 1.34. The standard InChI is InChI=1S/C30H20N6/c1-2-7-21(8-3-1)27-19-31-20-28(35-27)23-10-4-9-22(17-23)26-13-16-34-30(36-26)25-12-5-11-24(18-25)29-32-14-6-15-33-29/h1-20H. The molecule has 6 aromatic rings. The molecule has 3 aromatic heterocycles. The first-order chi connectivity index (χ1) is 17.8. The lowest BCUT2D eigenvalue weighted by Gasteiger charge is -2.08. The van der Waals surface area contributed by atoms with Gasteiger partial charge in [0.1, 0.15) is 0 Å². The van der Waals surface area contributed by atoms with Crippen molar-refractivity contribution in [3.63, 3.8) is 0 Å². The first kappa shape index (κ1) is 21.4. The van der Waals surface area contributed by atoms with Gasteiger partial charge in [0.25, 0.3) is 0 Å². The first-order valence-electron chi connectivity index (χ1n) is 11.5. The Kier molecular flexibility index (Phi) is 5.74. The van der Waals surface area contributed by atoms with E-state index in [0.29, 0.717) is 11.6 Å². The summed E-state index contributed by atoms with van der Waals surface area (Å²) in [4.78, 5) is 27.4. The highest BCUT2D eigenvalue weighted by molar-refractivity contribution is 5.72. The maximum Gasteiger partial charge on any atom is 0.159 e. The van der Waals surface area contributed by atoms with E-state index in [-0.39, 0.29) is 0 Å². The van der Waals surface area contributed by atoms with Crippen molar-refractivity contribution in [1.29, 1.82) is 0 Å². The van der Waals surface area contributed by atoms with Crippen molar-refractivity contribution >= 4 is 0 Å². The van der Waals surface area contributed by atoms with Gasteiger partial charge in [-0.3, -0.25) is 4.98 Å². The molecule has 3 aromatic carbocycles. The molecule has 0 saturated heterocycles. The van der Waals surface area contributed by atoms with Gasteiger partial charge >= 0.3 is 0 Å². The Morgan fingerprint density at radius 3 is 1.75 bits per heavy atom.